The predicted molar refractivity (Wildman–Crippen MR) is 120 cm³/mol. The second-order valence-corrected chi connectivity index (χ2v) is 8.02. The molecule has 0 spiro atoms. The zero-order valence-corrected chi connectivity index (χ0v) is 18.4. The Kier molecular flexibility index (Phi) is 8.00. The molecule has 166 valence electrons. The van der Waals surface area contributed by atoms with E-state index in [0.29, 0.717) is 22.1 Å². The number of carbonyl (C=O) groups is 1. The van der Waals surface area contributed by atoms with Gasteiger partial charge in [0.1, 0.15) is 17.1 Å². The lowest BCUT2D eigenvalue weighted by atomic mass is 10.3. The minimum atomic E-state index is -0.627. The number of anilines is 1. The number of carbonyl (C=O) groups excluding carboxylic acids is 1. The van der Waals surface area contributed by atoms with Crippen LogP contribution < -0.4 is 15.0 Å². The van der Waals surface area contributed by atoms with Gasteiger partial charge in [0.15, 0.2) is 17.6 Å². The lowest BCUT2D eigenvalue weighted by molar-refractivity contribution is -0.123. The highest BCUT2D eigenvalue weighted by atomic mass is 35.5. The Balaban J connectivity index is 0.00000272. The summed E-state index contributed by atoms with van der Waals surface area (Å²) in [5.74, 6) is -0.697. The summed E-state index contributed by atoms with van der Waals surface area (Å²) in [4.78, 5) is 20.6. The summed E-state index contributed by atoms with van der Waals surface area (Å²) < 4.78 is 33.2. The van der Waals surface area contributed by atoms with Crippen LogP contribution in [0.25, 0.3) is 10.2 Å². The van der Waals surface area contributed by atoms with E-state index in [1.54, 1.807) is 0 Å². The molecule has 0 atom stereocenters. The average molecular weight is 469 g/mol. The monoisotopic (exact) mass is 468 g/mol. The molecule has 0 radical (unpaired) electrons. The number of aromatic nitrogens is 1. The molecule has 1 N–H and O–H groups in total. The second-order valence-electron chi connectivity index (χ2n) is 7.01. The molecule has 2 aromatic carbocycles. The van der Waals surface area contributed by atoms with Crippen LogP contribution in [-0.2, 0) is 4.79 Å². The van der Waals surface area contributed by atoms with Gasteiger partial charge >= 0.3 is 0 Å². The molecule has 3 aromatic rings. The number of piperazine rings is 1. The number of thiazole rings is 1. The van der Waals surface area contributed by atoms with E-state index in [1.807, 2.05) is 30.3 Å². The van der Waals surface area contributed by atoms with Crippen molar-refractivity contribution in [2.24, 2.45) is 0 Å². The fourth-order valence-electron chi connectivity index (χ4n) is 3.31. The van der Waals surface area contributed by atoms with E-state index in [-0.39, 0.29) is 30.4 Å². The van der Waals surface area contributed by atoms with E-state index in [4.69, 9.17) is 4.74 Å². The molecular weight excluding hydrogens is 446 g/mol. The van der Waals surface area contributed by atoms with E-state index >= 15 is 0 Å². The van der Waals surface area contributed by atoms with E-state index in [1.165, 1.54) is 17.4 Å². The molecule has 1 amide bonds. The van der Waals surface area contributed by atoms with Crippen molar-refractivity contribution in [3.8, 4) is 5.75 Å². The van der Waals surface area contributed by atoms with Crippen molar-refractivity contribution in [2.45, 2.75) is 0 Å². The van der Waals surface area contributed by atoms with Crippen molar-refractivity contribution >= 4 is 45.0 Å². The highest BCUT2D eigenvalue weighted by molar-refractivity contribution is 7.22. The summed E-state index contributed by atoms with van der Waals surface area (Å²) in [5.41, 5.74) is 0.222. The zero-order valence-electron chi connectivity index (χ0n) is 16.7. The molecule has 1 aromatic heterocycles. The Hall–Kier alpha value is -2.49. The summed E-state index contributed by atoms with van der Waals surface area (Å²) in [5, 5.41) is 3.57. The van der Waals surface area contributed by atoms with Gasteiger partial charge in [-0.3, -0.25) is 9.69 Å². The Morgan fingerprint density at radius 3 is 2.61 bits per heavy atom. The maximum absolute atomic E-state index is 13.9. The maximum Gasteiger partial charge on any atom is 0.257 e. The molecule has 0 unspecified atom stereocenters. The summed E-state index contributed by atoms with van der Waals surface area (Å²) in [6, 6.07) is 11.4. The topological polar surface area (TPSA) is 57.7 Å². The first-order valence-electron chi connectivity index (χ1n) is 9.76. The largest absolute Gasteiger partial charge is 0.484 e. The number of nitrogens with zero attached hydrogens (tertiary/aromatic N) is 3. The van der Waals surface area contributed by atoms with Gasteiger partial charge in [-0.1, -0.05) is 29.5 Å². The molecule has 1 saturated heterocycles. The number of rotatable bonds is 7. The number of para-hydroxylation sites is 1. The number of nitrogens with one attached hydrogen (secondary N) is 1. The predicted octanol–water partition coefficient (Wildman–Crippen LogP) is 3.31. The van der Waals surface area contributed by atoms with Crippen molar-refractivity contribution in [3.63, 3.8) is 0 Å². The molecular formula is C21H23ClF2N4O2S. The van der Waals surface area contributed by atoms with Gasteiger partial charge in [0.2, 0.25) is 0 Å². The number of hydrogen-bond acceptors (Lipinski definition) is 6. The third-order valence-corrected chi connectivity index (χ3v) is 5.97. The van der Waals surface area contributed by atoms with E-state index in [0.717, 1.165) is 38.8 Å². The molecule has 10 heteroatoms. The maximum atomic E-state index is 13.9. The molecule has 4 rings (SSSR count). The Morgan fingerprint density at radius 1 is 1.13 bits per heavy atom. The van der Waals surface area contributed by atoms with Gasteiger partial charge in [0.05, 0.1) is 4.70 Å². The quantitative estimate of drug-likeness (QED) is 0.576. The van der Waals surface area contributed by atoms with Crippen LogP contribution in [0.4, 0.5) is 13.9 Å². The van der Waals surface area contributed by atoms with Gasteiger partial charge in [0.25, 0.3) is 5.91 Å². The minimum absolute atomic E-state index is 0. The van der Waals surface area contributed by atoms with Crippen LogP contribution >= 0.6 is 23.7 Å². The van der Waals surface area contributed by atoms with Crippen LogP contribution in [0.1, 0.15) is 0 Å². The molecule has 1 aliphatic heterocycles. The van der Waals surface area contributed by atoms with Crippen LogP contribution in [0.15, 0.2) is 42.5 Å². The summed E-state index contributed by atoms with van der Waals surface area (Å²) in [6.07, 6.45) is 0. The Bertz CT molecular complexity index is 1010. The first-order chi connectivity index (χ1) is 14.6. The van der Waals surface area contributed by atoms with Crippen molar-refractivity contribution in [1.82, 2.24) is 15.2 Å². The summed E-state index contributed by atoms with van der Waals surface area (Å²) in [7, 11) is 0. The smallest absolute Gasteiger partial charge is 0.257 e. The van der Waals surface area contributed by atoms with E-state index in [9.17, 15) is 13.6 Å². The summed E-state index contributed by atoms with van der Waals surface area (Å²) >= 11 is 1.30. The number of hydrogen-bond donors (Lipinski definition) is 1. The average Bonchev–Trinajstić information content (AvgIpc) is 3.18. The van der Waals surface area contributed by atoms with Crippen molar-refractivity contribution < 1.29 is 18.3 Å². The van der Waals surface area contributed by atoms with Gasteiger partial charge in [-0.25, -0.2) is 13.8 Å². The third kappa shape index (κ3) is 6.03. The molecule has 2 heterocycles. The highest BCUT2D eigenvalue weighted by Crippen LogP contribution is 2.31. The number of ether oxygens (including phenoxy) is 1. The number of fused-ring (bicyclic) bond motifs is 1. The van der Waals surface area contributed by atoms with Gasteiger partial charge in [-0.05, 0) is 18.2 Å². The second kappa shape index (κ2) is 10.7. The van der Waals surface area contributed by atoms with Crippen LogP contribution in [0.3, 0.4) is 0 Å². The number of halogens is 3. The van der Waals surface area contributed by atoms with Gasteiger partial charge in [0, 0.05) is 45.3 Å². The van der Waals surface area contributed by atoms with Crippen LogP contribution in [0.2, 0.25) is 0 Å². The van der Waals surface area contributed by atoms with Crippen LogP contribution in [-0.4, -0.2) is 61.7 Å². The van der Waals surface area contributed by atoms with E-state index < -0.39 is 11.6 Å². The normalized spacial score (nSPS) is 14.3. The highest BCUT2D eigenvalue weighted by Gasteiger charge is 2.21. The van der Waals surface area contributed by atoms with Crippen LogP contribution in [0, 0.1) is 11.6 Å². The SMILES string of the molecule is Cl.O=C(COc1ccccc1)NCCN1CCN(c2nc3c(F)cc(F)cc3s2)CC1. The fourth-order valence-corrected chi connectivity index (χ4v) is 4.37. The van der Waals surface area contributed by atoms with Gasteiger partial charge < -0.3 is 15.0 Å². The van der Waals surface area contributed by atoms with Crippen molar-refractivity contribution in [2.75, 3.05) is 50.8 Å². The van der Waals surface area contributed by atoms with Gasteiger partial charge in [-0.2, -0.15) is 0 Å². The third-order valence-electron chi connectivity index (χ3n) is 4.91. The van der Waals surface area contributed by atoms with Gasteiger partial charge in [-0.15, -0.1) is 12.4 Å². The molecule has 1 aliphatic rings. The molecule has 0 saturated carbocycles. The lowest BCUT2D eigenvalue weighted by Gasteiger charge is -2.34. The minimum Gasteiger partial charge on any atom is -0.484 e. The zero-order chi connectivity index (χ0) is 20.9. The summed E-state index contributed by atoms with van der Waals surface area (Å²) in [6.45, 7) is 4.38. The standard InChI is InChI=1S/C21H22F2N4O2S.ClH/c22-15-12-17(23)20-18(13-15)30-21(25-20)27-10-8-26(9-11-27)7-6-24-19(28)14-29-16-4-2-1-3-5-16;/h1-5,12-13H,6-11,14H2,(H,24,28);1H. The molecule has 1 fully saturated rings. The molecule has 0 aliphatic carbocycles. The van der Waals surface area contributed by atoms with Crippen LogP contribution in [0.5, 0.6) is 5.75 Å². The first-order valence-corrected chi connectivity index (χ1v) is 10.6. The Labute approximate surface area is 189 Å². The first kappa shape index (κ1) is 23.2. The molecule has 0 bridgehead atoms. The molecule has 31 heavy (non-hydrogen) atoms. The molecule has 6 nitrogen and oxygen atoms in total. The van der Waals surface area contributed by atoms with Crippen molar-refractivity contribution in [3.05, 3.63) is 54.1 Å². The van der Waals surface area contributed by atoms with E-state index in [2.05, 4.69) is 20.1 Å². The Morgan fingerprint density at radius 2 is 1.87 bits per heavy atom. The number of amides is 1. The fraction of sp³-hybridized carbons (Fsp3) is 0.333. The number of benzene rings is 2. The lowest BCUT2D eigenvalue weighted by Crippen LogP contribution is -2.48. The van der Waals surface area contributed by atoms with Crippen molar-refractivity contribution in [1.29, 1.82) is 0 Å².